The zero-order valence-electron chi connectivity index (χ0n) is 7.31. The largest absolute Gasteiger partial charge is 1.00 e. The SMILES string of the molecule is CCCCCC(N)=O.[H-].[Na+]. The van der Waals surface area contributed by atoms with E-state index < -0.39 is 0 Å². The standard InChI is InChI=1S/C6H13NO.Na.H/c1-2-3-4-5-6(7)8;;/h2-5H2,1H3,(H2,7,8);;/q;+1;-1. The quantitative estimate of drug-likeness (QED) is 0.361. The third-order valence-corrected chi connectivity index (χ3v) is 1.03. The summed E-state index contributed by atoms with van der Waals surface area (Å²) in [7, 11) is 0. The molecule has 0 saturated heterocycles. The predicted molar refractivity (Wildman–Crippen MR) is 34.4 cm³/mol. The molecule has 0 heterocycles. The van der Waals surface area contributed by atoms with Crippen molar-refractivity contribution in [2.45, 2.75) is 32.6 Å². The Morgan fingerprint density at radius 3 is 2.44 bits per heavy atom. The molecule has 0 rings (SSSR count). The van der Waals surface area contributed by atoms with E-state index in [4.69, 9.17) is 5.73 Å². The van der Waals surface area contributed by atoms with Gasteiger partial charge in [-0.3, -0.25) is 4.79 Å². The fraction of sp³-hybridized carbons (Fsp3) is 0.833. The summed E-state index contributed by atoms with van der Waals surface area (Å²) in [6.45, 7) is 2.10. The van der Waals surface area contributed by atoms with E-state index in [0.717, 1.165) is 19.3 Å². The molecule has 1 amide bonds. The van der Waals surface area contributed by atoms with Crippen LogP contribution in [0.4, 0.5) is 0 Å². The Hall–Kier alpha value is 0.470. The molecule has 0 saturated carbocycles. The van der Waals surface area contributed by atoms with Crippen molar-refractivity contribution in [3.8, 4) is 0 Å². The minimum atomic E-state index is -0.182. The van der Waals surface area contributed by atoms with Crippen molar-refractivity contribution in [2.75, 3.05) is 0 Å². The van der Waals surface area contributed by atoms with Gasteiger partial charge in [-0.15, -0.1) is 0 Å². The summed E-state index contributed by atoms with van der Waals surface area (Å²) in [6.07, 6.45) is 3.76. The van der Waals surface area contributed by atoms with Gasteiger partial charge >= 0.3 is 29.6 Å². The van der Waals surface area contributed by atoms with E-state index in [0.29, 0.717) is 6.42 Å². The molecular formula is C6H14NNaO. The van der Waals surface area contributed by atoms with Crippen LogP contribution in [0.5, 0.6) is 0 Å². The minimum Gasteiger partial charge on any atom is -1.00 e. The Balaban J connectivity index is -0.000000245. The Bertz CT molecular complexity index is 80.1. The summed E-state index contributed by atoms with van der Waals surface area (Å²) in [5.74, 6) is -0.182. The van der Waals surface area contributed by atoms with Crippen LogP contribution in [0.1, 0.15) is 34.0 Å². The maximum atomic E-state index is 10.1. The minimum absolute atomic E-state index is 0. The molecule has 0 radical (unpaired) electrons. The molecule has 0 bridgehead atoms. The summed E-state index contributed by atoms with van der Waals surface area (Å²) >= 11 is 0. The normalized spacial score (nSPS) is 8.11. The van der Waals surface area contributed by atoms with Crippen LogP contribution in [-0.2, 0) is 4.79 Å². The van der Waals surface area contributed by atoms with E-state index in [1.165, 1.54) is 0 Å². The molecule has 0 aliphatic carbocycles. The van der Waals surface area contributed by atoms with Crippen LogP contribution in [0.2, 0.25) is 0 Å². The van der Waals surface area contributed by atoms with Crippen LogP contribution in [0, 0.1) is 0 Å². The third kappa shape index (κ3) is 11.8. The van der Waals surface area contributed by atoms with Crippen molar-refractivity contribution in [2.24, 2.45) is 5.73 Å². The number of carbonyl (C=O) groups is 1. The predicted octanol–water partition coefficient (Wildman–Crippen LogP) is -1.83. The van der Waals surface area contributed by atoms with Gasteiger partial charge in [0.1, 0.15) is 0 Å². The second-order valence-electron chi connectivity index (χ2n) is 1.92. The van der Waals surface area contributed by atoms with E-state index in [-0.39, 0.29) is 36.9 Å². The number of hydrogen-bond acceptors (Lipinski definition) is 1. The number of rotatable bonds is 4. The Kier molecular flexibility index (Phi) is 11.5. The van der Waals surface area contributed by atoms with Crippen LogP contribution >= 0.6 is 0 Å². The Labute approximate surface area is 80.0 Å². The van der Waals surface area contributed by atoms with Crippen molar-refractivity contribution >= 4 is 5.91 Å². The summed E-state index contributed by atoms with van der Waals surface area (Å²) < 4.78 is 0. The van der Waals surface area contributed by atoms with E-state index in [1.54, 1.807) is 0 Å². The van der Waals surface area contributed by atoms with Crippen molar-refractivity contribution in [1.82, 2.24) is 0 Å². The first-order valence-corrected chi connectivity index (χ1v) is 3.05. The average Bonchev–Trinajstić information content (AvgIpc) is 1.66. The van der Waals surface area contributed by atoms with Gasteiger partial charge in [-0.05, 0) is 6.42 Å². The zero-order chi connectivity index (χ0) is 6.41. The van der Waals surface area contributed by atoms with Crippen molar-refractivity contribution in [1.29, 1.82) is 0 Å². The van der Waals surface area contributed by atoms with E-state index in [1.807, 2.05) is 0 Å². The molecule has 0 spiro atoms. The molecule has 0 aromatic heterocycles. The average molecular weight is 139 g/mol. The van der Waals surface area contributed by atoms with E-state index in [9.17, 15) is 4.79 Å². The number of carbonyl (C=O) groups excluding carboxylic acids is 1. The molecule has 0 aromatic rings. The Morgan fingerprint density at radius 2 is 2.11 bits per heavy atom. The zero-order valence-corrected chi connectivity index (χ0v) is 8.31. The molecule has 3 heteroatoms. The summed E-state index contributed by atoms with van der Waals surface area (Å²) in [5.41, 5.74) is 4.89. The molecule has 9 heavy (non-hydrogen) atoms. The number of amides is 1. The van der Waals surface area contributed by atoms with E-state index in [2.05, 4.69) is 6.92 Å². The number of nitrogens with two attached hydrogens (primary N) is 1. The van der Waals surface area contributed by atoms with Gasteiger partial charge in [0.25, 0.3) is 0 Å². The second kappa shape index (κ2) is 8.47. The van der Waals surface area contributed by atoms with Gasteiger partial charge in [-0.2, -0.15) is 0 Å². The molecule has 0 unspecified atom stereocenters. The third-order valence-electron chi connectivity index (χ3n) is 1.03. The van der Waals surface area contributed by atoms with Gasteiger partial charge in [0.2, 0.25) is 5.91 Å². The maximum Gasteiger partial charge on any atom is 1.00 e. The van der Waals surface area contributed by atoms with Gasteiger partial charge < -0.3 is 7.16 Å². The monoisotopic (exact) mass is 139 g/mol. The van der Waals surface area contributed by atoms with Crippen LogP contribution < -0.4 is 35.3 Å². The second-order valence-corrected chi connectivity index (χ2v) is 1.92. The van der Waals surface area contributed by atoms with Crippen LogP contribution in [0.15, 0.2) is 0 Å². The first kappa shape index (κ1) is 12.2. The molecule has 0 aromatic carbocycles. The number of unbranched alkanes of at least 4 members (excludes halogenated alkanes) is 2. The van der Waals surface area contributed by atoms with Crippen molar-refractivity contribution in [3.05, 3.63) is 0 Å². The van der Waals surface area contributed by atoms with Crippen LogP contribution in [-0.4, -0.2) is 5.91 Å². The van der Waals surface area contributed by atoms with Gasteiger partial charge in [-0.25, -0.2) is 0 Å². The Morgan fingerprint density at radius 1 is 1.56 bits per heavy atom. The van der Waals surface area contributed by atoms with Gasteiger partial charge in [0, 0.05) is 6.42 Å². The van der Waals surface area contributed by atoms with Crippen molar-refractivity contribution in [3.63, 3.8) is 0 Å². The molecule has 0 aliphatic heterocycles. The van der Waals surface area contributed by atoms with Crippen LogP contribution in [0.25, 0.3) is 0 Å². The molecule has 2 N–H and O–H groups in total. The fourth-order valence-corrected chi connectivity index (χ4v) is 0.549. The van der Waals surface area contributed by atoms with Crippen LogP contribution in [0.3, 0.4) is 0 Å². The first-order valence-electron chi connectivity index (χ1n) is 3.05. The molecule has 2 nitrogen and oxygen atoms in total. The molecular weight excluding hydrogens is 125 g/mol. The maximum absolute atomic E-state index is 10.1. The van der Waals surface area contributed by atoms with Gasteiger partial charge in [-0.1, -0.05) is 19.8 Å². The number of primary amides is 1. The molecule has 0 atom stereocenters. The van der Waals surface area contributed by atoms with Crippen molar-refractivity contribution < 1.29 is 35.8 Å². The first-order chi connectivity index (χ1) is 3.77. The fourth-order valence-electron chi connectivity index (χ4n) is 0.549. The van der Waals surface area contributed by atoms with E-state index >= 15 is 0 Å². The summed E-state index contributed by atoms with van der Waals surface area (Å²) in [6, 6.07) is 0. The molecule has 0 aliphatic rings. The number of hydrogen-bond donors (Lipinski definition) is 1. The topological polar surface area (TPSA) is 43.1 Å². The van der Waals surface area contributed by atoms with Gasteiger partial charge in [0.05, 0.1) is 0 Å². The smallest absolute Gasteiger partial charge is 1.00 e. The molecule has 50 valence electrons. The summed E-state index contributed by atoms with van der Waals surface area (Å²) in [5, 5.41) is 0. The molecule has 0 fully saturated rings. The summed E-state index contributed by atoms with van der Waals surface area (Å²) in [4.78, 5) is 10.1. The van der Waals surface area contributed by atoms with Gasteiger partial charge in [0.15, 0.2) is 0 Å².